The number of aromatic nitrogens is 5. The van der Waals surface area contributed by atoms with E-state index in [2.05, 4.69) is 25.3 Å². The van der Waals surface area contributed by atoms with Crippen LogP contribution in [0.1, 0.15) is 24.5 Å². The van der Waals surface area contributed by atoms with Crippen molar-refractivity contribution in [2.75, 3.05) is 18.4 Å². The number of anilines is 2. The first-order chi connectivity index (χ1) is 13.5. The molecule has 1 atom stereocenters. The minimum absolute atomic E-state index is 0.0239. The molecule has 1 unspecified atom stereocenters. The standard InChI is InChI=1S/C18H21N7O2S/c1-24-12-18(21-13-24)28(26,27)25-9-3-4-14(11-25)15-5-2-6-16(22-15)23-17-10-19-7-8-20-17/h2,5-8,10,12-14H,3-4,9,11H2,1H3,(H,20,22,23). The Labute approximate surface area is 163 Å². The molecule has 1 N–H and O–H groups in total. The first-order valence-electron chi connectivity index (χ1n) is 9.00. The van der Waals surface area contributed by atoms with Crippen molar-refractivity contribution < 1.29 is 8.42 Å². The molecule has 0 bridgehead atoms. The summed E-state index contributed by atoms with van der Waals surface area (Å²) in [4.78, 5) is 16.9. The second-order valence-electron chi connectivity index (χ2n) is 6.74. The summed E-state index contributed by atoms with van der Waals surface area (Å²) in [6, 6.07) is 5.69. The molecule has 4 heterocycles. The summed E-state index contributed by atoms with van der Waals surface area (Å²) in [6.07, 6.45) is 9.52. The molecule has 1 aliphatic rings. The zero-order valence-corrected chi connectivity index (χ0v) is 16.2. The van der Waals surface area contributed by atoms with Gasteiger partial charge >= 0.3 is 0 Å². The topological polar surface area (TPSA) is 106 Å². The summed E-state index contributed by atoms with van der Waals surface area (Å²) in [7, 11) is -1.85. The third kappa shape index (κ3) is 3.87. The fraction of sp³-hybridized carbons (Fsp3) is 0.333. The van der Waals surface area contributed by atoms with Gasteiger partial charge in [-0.3, -0.25) is 4.98 Å². The van der Waals surface area contributed by atoms with E-state index in [-0.39, 0.29) is 10.9 Å². The molecule has 4 rings (SSSR count). The van der Waals surface area contributed by atoms with Crippen molar-refractivity contribution in [1.29, 1.82) is 0 Å². The third-order valence-electron chi connectivity index (χ3n) is 4.68. The maximum atomic E-state index is 12.9. The fourth-order valence-corrected chi connectivity index (χ4v) is 4.79. The first-order valence-corrected chi connectivity index (χ1v) is 10.4. The number of pyridine rings is 1. The molecule has 28 heavy (non-hydrogen) atoms. The van der Waals surface area contributed by atoms with Crippen LogP contribution in [0.15, 0.2) is 54.3 Å². The predicted octanol–water partition coefficient (Wildman–Crippen LogP) is 1.92. The van der Waals surface area contributed by atoms with Gasteiger partial charge in [0, 0.05) is 50.3 Å². The van der Waals surface area contributed by atoms with Crippen LogP contribution in [-0.4, -0.2) is 50.3 Å². The Hall–Kier alpha value is -2.85. The minimum atomic E-state index is -3.60. The lowest BCUT2D eigenvalue weighted by molar-refractivity contribution is 0.312. The summed E-state index contributed by atoms with van der Waals surface area (Å²) in [5.74, 6) is 1.29. The quantitative estimate of drug-likeness (QED) is 0.698. The molecule has 1 fully saturated rings. The second-order valence-corrected chi connectivity index (χ2v) is 8.63. The Morgan fingerprint density at radius 1 is 1.18 bits per heavy atom. The van der Waals surface area contributed by atoms with E-state index >= 15 is 0 Å². The van der Waals surface area contributed by atoms with Gasteiger partial charge in [0.1, 0.15) is 11.6 Å². The molecular formula is C18H21N7O2S. The maximum Gasteiger partial charge on any atom is 0.262 e. The van der Waals surface area contributed by atoms with E-state index in [0.717, 1.165) is 18.5 Å². The fourth-order valence-electron chi connectivity index (χ4n) is 3.30. The molecule has 0 amide bonds. The Morgan fingerprint density at radius 2 is 2.07 bits per heavy atom. The van der Waals surface area contributed by atoms with E-state index in [4.69, 9.17) is 0 Å². The van der Waals surface area contributed by atoms with Crippen molar-refractivity contribution in [3.63, 3.8) is 0 Å². The van der Waals surface area contributed by atoms with E-state index in [1.807, 2.05) is 18.2 Å². The van der Waals surface area contributed by atoms with Crippen molar-refractivity contribution in [1.82, 2.24) is 28.8 Å². The number of hydrogen-bond donors (Lipinski definition) is 1. The first kappa shape index (κ1) is 18.5. The van der Waals surface area contributed by atoms with E-state index in [1.54, 1.807) is 30.2 Å². The van der Waals surface area contributed by atoms with Crippen LogP contribution in [0.25, 0.3) is 0 Å². The van der Waals surface area contributed by atoms with Crippen LogP contribution in [0.5, 0.6) is 0 Å². The molecule has 9 nitrogen and oxygen atoms in total. The molecule has 0 spiro atoms. The minimum Gasteiger partial charge on any atom is -0.339 e. The van der Waals surface area contributed by atoms with E-state index in [0.29, 0.717) is 24.7 Å². The highest BCUT2D eigenvalue weighted by Gasteiger charge is 2.32. The second kappa shape index (κ2) is 7.64. The van der Waals surface area contributed by atoms with Gasteiger partial charge in [0.25, 0.3) is 10.0 Å². The number of piperidine rings is 1. The van der Waals surface area contributed by atoms with Gasteiger partial charge in [0.15, 0.2) is 5.03 Å². The van der Waals surface area contributed by atoms with Crippen LogP contribution >= 0.6 is 0 Å². The number of hydrogen-bond acceptors (Lipinski definition) is 7. The Bertz CT molecular complexity index is 1050. The number of nitrogens with zero attached hydrogens (tertiary/aromatic N) is 6. The van der Waals surface area contributed by atoms with E-state index in [1.165, 1.54) is 16.8 Å². The lowest BCUT2D eigenvalue weighted by atomic mass is 9.95. The van der Waals surface area contributed by atoms with E-state index in [9.17, 15) is 8.42 Å². The molecule has 0 aliphatic carbocycles. The summed E-state index contributed by atoms with van der Waals surface area (Å²) < 4.78 is 28.9. The highest BCUT2D eigenvalue weighted by atomic mass is 32.2. The van der Waals surface area contributed by atoms with Gasteiger partial charge in [0.05, 0.1) is 12.5 Å². The van der Waals surface area contributed by atoms with Crippen molar-refractivity contribution >= 4 is 21.7 Å². The number of nitrogens with one attached hydrogen (secondary N) is 1. The number of sulfonamides is 1. The highest BCUT2D eigenvalue weighted by molar-refractivity contribution is 7.89. The van der Waals surface area contributed by atoms with Gasteiger partial charge < -0.3 is 9.88 Å². The van der Waals surface area contributed by atoms with Crippen LogP contribution in [0.2, 0.25) is 0 Å². The van der Waals surface area contributed by atoms with Gasteiger partial charge in [-0.2, -0.15) is 4.31 Å². The summed E-state index contributed by atoms with van der Waals surface area (Å²) >= 11 is 0. The van der Waals surface area contributed by atoms with Gasteiger partial charge in [0.2, 0.25) is 0 Å². The molecule has 0 aromatic carbocycles. The lowest BCUT2D eigenvalue weighted by Gasteiger charge is -2.31. The maximum absolute atomic E-state index is 12.9. The molecule has 146 valence electrons. The number of imidazole rings is 1. The van der Waals surface area contributed by atoms with E-state index < -0.39 is 10.0 Å². The van der Waals surface area contributed by atoms with Crippen LogP contribution in [0.4, 0.5) is 11.6 Å². The molecule has 3 aromatic heterocycles. The molecule has 0 saturated carbocycles. The largest absolute Gasteiger partial charge is 0.339 e. The average molecular weight is 399 g/mol. The summed E-state index contributed by atoms with van der Waals surface area (Å²) in [5.41, 5.74) is 0.856. The molecule has 1 aliphatic heterocycles. The Kier molecular flexibility index (Phi) is 5.05. The van der Waals surface area contributed by atoms with Gasteiger partial charge in [-0.05, 0) is 25.0 Å². The summed E-state index contributed by atoms with van der Waals surface area (Å²) in [5, 5.41) is 3.21. The molecular weight excluding hydrogens is 378 g/mol. The van der Waals surface area contributed by atoms with Crippen molar-refractivity contribution in [3.8, 4) is 0 Å². The molecule has 10 heteroatoms. The smallest absolute Gasteiger partial charge is 0.262 e. The van der Waals surface area contributed by atoms with Crippen molar-refractivity contribution in [3.05, 3.63) is 55.0 Å². The monoisotopic (exact) mass is 399 g/mol. The van der Waals surface area contributed by atoms with Gasteiger partial charge in [-0.15, -0.1) is 0 Å². The Balaban J connectivity index is 1.52. The normalized spacial score (nSPS) is 18.1. The third-order valence-corrected chi connectivity index (χ3v) is 6.43. The summed E-state index contributed by atoms with van der Waals surface area (Å²) in [6.45, 7) is 0.882. The zero-order chi connectivity index (χ0) is 19.6. The predicted molar refractivity (Wildman–Crippen MR) is 103 cm³/mol. The lowest BCUT2D eigenvalue weighted by Crippen LogP contribution is -2.39. The van der Waals surface area contributed by atoms with Gasteiger partial charge in [-0.25, -0.2) is 23.4 Å². The van der Waals surface area contributed by atoms with Crippen molar-refractivity contribution in [2.24, 2.45) is 7.05 Å². The molecule has 0 radical (unpaired) electrons. The number of aryl methyl sites for hydroxylation is 1. The highest BCUT2D eigenvalue weighted by Crippen LogP contribution is 2.29. The Morgan fingerprint density at radius 3 is 2.82 bits per heavy atom. The van der Waals surface area contributed by atoms with Crippen LogP contribution in [0, 0.1) is 0 Å². The zero-order valence-electron chi connectivity index (χ0n) is 15.4. The number of rotatable bonds is 5. The van der Waals surface area contributed by atoms with Crippen LogP contribution in [-0.2, 0) is 17.1 Å². The van der Waals surface area contributed by atoms with Crippen LogP contribution < -0.4 is 5.32 Å². The van der Waals surface area contributed by atoms with Gasteiger partial charge in [-0.1, -0.05) is 6.07 Å². The SMILES string of the molecule is Cn1cnc(S(=O)(=O)N2CCCC(c3cccc(Nc4cnccn4)n3)C2)c1. The molecule has 3 aromatic rings. The van der Waals surface area contributed by atoms with Crippen molar-refractivity contribution in [2.45, 2.75) is 23.8 Å². The molecule has 1 saturated heterocycles. The average Bonchev–Trinajstić information content (AvgIpc) is 3.16. The van der Waals surface area contributed by atoms with Crippen LogP contribution in [0.3, 0.4) is 0 Å².